The lowest BCUT2D eigenvalue weighted by Crippen LogP contribution is -2.28. The van der Waals surface area contributed by atoms with Crippen LogP contribution in [0.2, 0.25) is 0 Å². The Kier molecular flexibility index (Phi) is 3.73. The number of aromatic carboxylic acids is 1. The number of thiol groups is 1. The SMILES string of the molecule is CC(=O)N[C@@H](CS)c1ocnc1C(=O)O. The first-order valence-corrected chi connectivity index (χ1v) is 4.74. The fourth-order valence-electron chi connectivity index (χ4n) is 1.10. The summed E-state index contributed by atoms with van der Waals surface area (Å²) in [5.74, 6) is -1.15. The van der Waals surface area contributed by atoms with Gasteiger partial charge in [0.15, 0.2) is 17.8 Å². The molecule has 0 fully saturated rings. The van der Waals surface area contributed by atoms with Crippen LogP contribution in [0.3, 0.4) is 0 Å². The second-order valence-corrected chi connectivity index (χ2v) is 3.17. The number of nitrogens with zero attached hydrogens (tertiary/aromatic N) is 1. The summed E-state index contributed by atoms with van der Waals surface area (Å²) >= 11 is 4.00. The van der Waals surface area contributed by atoms with Crippen molar-refractivity contribution >= 4 is 24.5 Å². The van der Waals surface area contributed by atoms with Gasteiger partial charge in [-0.3, -0.25) is 4.79 Å². The molecule has 1 rings (SSSR count). The van der Waals surface area contributed by atoms with Gasteiger partial charge in [0.05, 0.1) is 6.04 Å². The van der Waals surface area contributed by atoms with Crippen molar-refractivity contribution in [1.82, 2.24) is 10.3 Å². The lowest BCUT2D eigenvalue weighted by molar-refractivity contribution is -0.119. The van der Waals surface area contributed by atoms with E-state index in [2.05, 4.69) is 22.9 Å². The van der Waals surface area contributed by atoms with Crippen LogP contribution in [0, 0.1) is 0 Å². The number of amides is 1. The van der Waals surface area contributed by atoms with E-state index >= 15 is 0 Å². The van der Waals surface area contributed by atoms with Crippen LogP contribution < -0.4 is 5.32 Å². The molecule has 0 unspecified atom stereocenters. The maximum atomic E-state index is 10.8. The van der Waals surface area contributed by atoms with Crippen molar-refractivity contribution in [2.75, 3.05) is 5.75 Å². The highest BCUT2D eigenvalue weighted by molar-refractivity contribution is 7.80. The van der Waals surface area contributed by atoms with E-state index in [4.69, 9.17) is 9.52 Å². The van der Waals surface area contributed by atoms with Gasteiger partial charge in [0.2, 0.25) is 5.91 Å². The Hall–Kier alpha value is -1.50. The fourth-order valence-corrected chi connectivity index (χ4v) is 1.36. The third-order valence-electron chi connectivity index (χ3n) is 1.67. The number of carboxylic acid groups (broad SMARTS) is 1. The van der Waals surface area contributed by atoms with E-state index in [9.17, 15) is 9.59 Å². The Bertz CT molecular complexity index is 376. The van der Waals surface area contributed by atoms with Crippen molar-refractivity contribution in [1.29, 1.82) is 0 Å². The van der Waals surface area contributed by atoms with Crippen molar-refractivity contribution in [3.63, 3.8) is 0 Å². The second kappa shape index (κ2) is 4.83. The number of carboxylic acids is 1. The van der Waals surface area contributed by atoms with Gasteiger partial charge < -0.3 is 14.8 Å². The number of carbonyl (C=O) groups excluding carboxylic acids is 1. The van der Waals surface area contributed by atoms with Crippen LogP contribution in [0.1, 0.15) is 29.2 Å². The molecular formula is C8H10N2O4S. The lowest BCUT2D eigenvalue weighted by atomic mass is 10.2. The standard InChI is InChI=1S/C8H10N2O4S/c1-4(11)10-5(2-15)7-6(8(12)13)9-3-14-7/h3,5,15H,2H2,1H3,(H,10,11)(H,12,13)/t5-/m0/s1. The number of rotatable bonds is 4. The van der Waals surface area contributed by atoms with Gasteiger partial charge >= 0.3 is 5.97 Å². The topological polar surface area (TPSA) is 92.4 Å². The fraction of sp³-hybridized carbons (Fsp3) is 0.375. The smallest absolute Gasteiger partial charge is 0.358 e. The van der Waals surface area contributed by atoms with E-state index in [1.165, 1.54) is 6.92 Å². The molecule has 0 saturated carbocycles. The molecule has 15 heavy (non-hydrogen) atoms. The first-order valence-electron chi connectivity index (χ1n) is 4.11. The molecule has 1 amide bonds. The normalized spacial score (nSPS) is 12.1. The molecule has 1 atom stereocenters. The lowest BCUT2D eigenvalue weighted by Gasteiger charge is -2.12. The number of aromatic nitrogens is 1. The van der Waals surface area contributed by atoms with E-state index in [1.54, 1.807) is 0 Å². The second-order valence-electron chi connectivity index (χ2n) is 2.81. The number of hydrogen-bond acceptors (Lipinski definition) is 5. The Balaban J connectivity index is 2.96. The molecule has 0 radical (unpaired) electrons. The largest absolute Gasteiger partial charge is 0.476 e. The van der Waals surface area contributed by atoms with Crippen LogP contribution in [0.15, 0.2) is 10.8 Å². The maximum absolute atomic E-state index is 10.8. The van der Waals surface area contributed by atoms with Gasteiger partial charge in [-0.15, -0.1) is 0 Å². The highest BCUT2D eigenvalue weighted by Crippen LogP contribution is 2.18. The minimum atomic E-state index is -1.20. The van der Waals surface area contributed by atoms with E-state index in [0.29, 0.717) is 0 Å². The molecule has 0 saturated heterocycles. The van der Waals surface area contributed by atoms with Crippen molar-refractivity contribution in [2.24, 2.45) is 0 Å². The highest BCUT2D eigenvalue weighted by atomic mass is 32.1. The molecule has 0 aromatic carbocycles. The third kappa shape index (κ3) is 2.72. The van der Waals surface area contributed by atoms with Crippen molar-refractivity contribution in [2.45, 2.75) is 13.0 Å². The van der Waals surface area contributed by atoms with E-state index in [1.807, 2.05) is 0 Å². The summed E-state index contributed by atoms with van der Waals surface area (Å²) in [5, 5.41) is 11.3. The number of oxazole rings is 1. The molecular weight excluding hydrogens is 220 g/mol. The molecule has 1 aromatic rings. The zero-order valence-corrected chi connectivity index (χ0v) is 8.82. The molecule has 1 heterocycles. The Labute approximate surface area is 91.1 Å². The van der Waals surface area contributed by atoms with Gasteiger partial charge in [-0.05, 0) is 0 Å². The summed E-state index contributed by atoms with van der Waals surface area (Å²) in [6, 6.07) is -0.584. The monoisotopic (exact) mass is 230 g/mol. The van der Waals surface area contributed by atoms with Gasteiger partial charge in [0.1, 0.15) is 0 Å². The summed E-state index contributed by atoms with van der Waals surface area (Å²) in [6.45, 7) is 1.33. The summed E-state index contributed by atoms with van der Waals surface area (Å²) in [5.41, 5.74) is -0.206. The average Bonchev–Trinajstić information content (AvgIpc) is 2.62. The van der Waals surface area contributed by atoms with Crippen LogP contribution in [-0.4, -0.2) is 27.7 Å². The summed E-state index contributed by atoms with van der Waals surface area (Å²) < 4.78 is 4.92. The van der Waals surface area contributed by atoms with Crippen molar-refractivity contribution in [3.05, 3.63) is 17.8 Å². The molecule has 6 nitrogen and oxygen atoms in total. The average molecular weight is 230 g/mol. The maximum Gasteiger partial charge on any atom is 0.358 e. The predicted octanol–water partition coefficient (Wildman–Crippen LogP) is 0.480. The Morgan fingerprint density at radius 3 is 2.87 bits per heavy atom. The van der Waals surface area contributed by atoms with Crippen LogP contribution in [0.4, 0.5) is 0 Å². The van der Waals surface area contributed by atoms with Gasteiger partial charge in [-0.25, -0.2) is 9.78 Å². The van der Waals surface area contributed by atoms with E-state index in [-0.39, 0.29) is 23.1 Å². The van der Waals surface area contributed by atoms with Crippen LogP contribution >= 0.6 is 12.6 Å². The summed E-state index contributed by atoms with van der Waals surface area (Å²) in [4.78, 5) is 25.1. The quantitative estimate of drug-likeness (QED) is 0.654. The Morgan fingerprint density at radius 2 is 2.40 bits per heavy atom. The molecule has 82 valence electrons. The summed E-state index contributed by atoms with van der Waals surface area (Å²) in [7, 11) is 0. The summed E-state index contributed by atoms with van der Waals surface area (Å²) in [6.07, 6.45) is 1.02. The molecule has 0 aliphatic carbocycles. The number of hydrogen-bond donors (Lipinski definition) is 3. The molecule has 0 bridgehead atoms. The molecule has 0 aliphatic rings. The minimum Gasteiger partial charge on any atom is -0.476 e. The Morgan fingerprint density at radius 1 is 1.73 bits per heavy atom. The van der Waals surface area contributed by atoms with Gasteiger partial charge in [-0.2, -0.15) is 12.6 Å². The first-order chi connectivity index (χ1) is 7.06. The molecule has 1 aromatic heterocycles. The van der Waals surface area contributed by atoms with Gasteiger partial charge in [0, 0.05) is 12.7 Å². The molecule has 7 heteroatoms. The van der Waals surface area contributed by atoms with Crippen LogP contribution in [0.25, 0.3) is 0 Å². The van der Waals surface area contributed by atoms with Crippen molar-refractivity contribution in [3.8, 4) is 0 Å². The first kappa shape index (κ1) is 11.6. The van der Waals surface area contributed by atoms with Gasteiger partial charge in [0.25, 0.3) is 0 Å². The molecule has 0 spiro atoms. The van der Waals surface area contributed by atoms with Crippen LogP contribution in [0.5, 0.6) is 0 Å². The number of carbonyl (C=O) groups is 2. The number of nitrogens with one attached hydrogen (secondary N) is 1. The molecule has 2 N–H and O–H groups in total. The third-order valence-corrected chi connectivity index (χ3v) is 2.04. The zero-order valence-electron chi connectivity index (χ0n) is 7.93. The minimum absolute atomic E-state index is 0.104. The van der Waals surface area contributed by atoms with Crippen molar-refractivity contribution < 1.29 is 19.1 Å². The molecule has 0 aliphatic heterocycles. The van der Waals surface area contributed by atoms with Crippen LogP contribution in [-0.2, 0) is 4.79 Å². The van der Waals surface area contributed by atoms with E-state index < -0.39 is 12.0 Å². The highest BCUT2D eigenvalue weighted by Gasteiger charge is 2.23. The predicted molar refractivity (Wildman–Crippen MR) is 53.9 cm³/mol. The van der Waals surface area contributed by atoms with E-state index in [0.717, 1.165) is 6.39 Å². The van der Waals surface area contributed by atoms with Gasteiger partial charge in [-0.1, -0.05) is 0 Å². The zero-order chi connectivity index (χ0) is 11.4.